The summed E-state index contributed by atoms with van der Waals surface area (Å²) in [7, 11) is 37.0. The van der Waals surface area contributed by atoms with Crippen molar-refractivity contribution in [3.63, 3.8) is 0 Å². The molecule has 816 valence electrons. The quantitative estimate of drug-likeness (QED) is 0.0181. The third kappa shape index (κ3) is 38.5. The van der Waals surface area contributed by atoms with Crippen LogP contribution in [0.25, 0.3) is 66.2 Å². The smallest absolute Gasteiger partial charge is 0.416 e. The summed E-state index contributed by atoms with van der Waals surface area (Å²) in [6.07, 6.45) is 0. The van der Waals surface area contributed by atoms with Crippen LogP contribution >= 0.6 is 97.7 Å². The minimum Gasteiger partial charge on any atom is -0.777 e. The fraction of sp³-hybridized carbons (Fsp3) is 0.500. The Morgan fingerprint density at radius 2 is 0.278 bits per heavy atom. The van der Waals surface area contributed by atoms with Gasteiger partial charge in [-0.1, -0.05) is 67.7 Å². The highest BCUT2D eigenvalue weighted by atomic mass is 31.2. The molecular weight excluding hydrogens is 2140 g/mol. The van der Waals surface area contributed by atoms with Gasteiger partial charge in [0, 0.05) is 254 Å². The van der Waals surface area contributed by atoms with Crippen molar-refractivity contribution in [2.24, 2.45) is 0 Å². The molecule has 0 saturated heterocycles. The number of aromatic nitrogens is 18. The molecule has 0 bridgehead atoms. The normalized spacial score (nSPS) is 13.3. The van der Waals surface area contributed by atoms with Crippen LogP contribution in [-0.2, 0) is 27.4 Å². The van der Waals surface area contributed by atoms with Gasteiger partial charge >= 0.3 is 47.6 Å². The third-order valence-corrected chi connectivity index (χ3v) is 40.0. The van der Waals surface area contributed by atoms with Gasteiger partial charge in [-0.15, -0.1) is 115 Å². The fourth-order valence-corrected chi connectivity index (χ4v) is 32.5. The molecule has 6 N–H and O–H groups in total. The number of nitrogens with one attached hydrogen (secondary N) is 6. The second-order valence-corrected chi connectivity index (χ2v) is 56.6. The monoisotopic (exact) mass is 2280 g/mol. The molecule has 54 nitrogen and oxygen atoms in total. The molecule has 6 atom stereocenters. The van der Waals surface area contributed by atoms with Gasteiger partial charge in [-0.3, -0.25) is 57.7 Å². The van der Waals surface area contributed by atoms with Gasteiger partial charge in [-0.25, -0.2) is 25.2 Å². The second kappa shape index (κ2) is 63.9. The summed E-state index contributed by atoms with van der Waals surface area (Å²) >= 11 is 0. The predicted octanol–water partition coefficient (Wildman–Crippen LogP) is 8.43. The number of H-pyrrole nitrogens is 6. The lowest BCUT2D eigenvalue weighted by Gasteiger charge is -2.36. The first-order chi connectivity index (χ1) is 66.7. The Morgan fingerprint density at radius 1 is 0.194 bits per heavy atom. The first kappa shape index (κ1) is 135. The van der Waals surface area contributed by atoms with Gasteiger partial charge in [0.2, 0.25) is 34.5 Å². The number of nitrogens with zero attached hydrogens (tertiary/aromatic N) is 30. The minimum atomic E-state index is -3.88. The Balaban J connectivity index is 0.000000824. The van der Waals surface area contributed by atoms with E-state index in [1.54, 1.807) is 0 Å². The first-order valence-electron chi connectivity index (χ1n) is 41.5. The lowest BCUT2D eigenvalue weighted by molar-refractivity contribution is -0.175. The number of aromatic amines is 6. The number of halogens is 6. The van der Waals surface area contributed by atoms with Crippen LogP contribution < -0.4 is 56.5 Å². The zero-order valence-corrected chi connectivity index (χ0v) is 98.5. The molecule has 0 radical (unpaired) electrons. The summed E-state index contributed by atoms with van der Waals surface area (Å²) in [4.78, 5) is 50.4. The molecule has 12 aromatic rings. The number of hydrogen-bond acceptors (Lipinski definition) is 48. The Morgan fingerprint density at radius 3 is 0.354 bits per heavy atom. The number of benzene rings is 6. The van der Waals surface area contributed by atoms with Crippen LogP contribution in [0.4, 0.5) is 25.2 Å². The molecule has 6 aromatic carbocycles. The number of fused-ring (bicyclic) bond motifs is 6. The van der Waals surface area contributed by atoms with E-state index in [4.69, 9.17) is 83.9 Å². The summed E-state index contributed by atoms with van der Waals surface area (Å²) < 4.78 is 187. The molecule has 6 aromatic heterocycles. The van der Waals surface area contributed by atoms with Crippen LogP contribution in [0.3, 0.4) is 0 Å². The first-order valence-corrected chi connectivity index (χ1v) is 58.0. The van der Waals surface area contributed by atoms with Crippen molar-refractivity contribution in [1.82, 2.24) is 177 Å². The van der Waals surface area contributed by atoms with Gasteiger partial charge in [0.15, 0.2) is 83.1 Å². The predicted molar refractivity (Wildman–Crippen MR) is 556 cm³/mol. The molecule has 0 saturated carbocycles. The molecule has 0 spiro atoms. The van der Waals surface area contributed by atoms with Gasteiger partial charge in [-0.05, 0) is 72.8 Å². The summed E-state index contributed by atoms with van der Waals surface area (Å²) in [5, 5.41) is 64.9. The maximum Gasteiger partial charge on any atom is 0.416 e. The van der Waals surface area contributed by atoms with Crippen molar-refractivity contribution in [2.45, 2.75) is 0 Å². The number of rotatable bonds is 30. The highest BCUT2D eigenvalue weighted by molar-refractivity contribution is 7.66. The van der Waals surface area contributed by atoms with Crippen molar-refractivity contribution in [3.05, 3.63) is 109 Å². The minimum absolute atomic E-state index is 0.737. The maximum atomic E-state index is 9.99. The molecule has 0 aliphatic carbocycles. The van der Waals surface area contributed by atoms with Gasteiger partial charge in [-0.2, -0.15) is 0 Å². The van der Waals surface area contributed by atoms with E-state index in [1.807, 2.05) is 363 Å². The molecule has 0 aliphatic rings. The standard InChI is InChI=1S/6C12H22N6OP.6FH2O2P/c6*1-16(2)20(17(3)4,18(5)6)19-11-9-7-8-10-12(11)14-15-13-10;6*1-4(2)3/h6*7-9H,1-6H3,(H,13,14,15);6*4H,(H,2,3)/q6*+1;;;;;;/p-6. The highest BCUT2D eigenvalue weighted by Crippen LogP contribution is 2.69. The van der Waals surface area contributed by atoms with Gasteiger partial charge in [0.05, 0.1) is 33.1 Å². The average Bonchev–Trinajstić information content (AvgIpc) is 1.44. The zero-order chi connectivity index (χ0) is 111. The van der Waals surface area contributed by atoms with E-state index in [-0.39, 0.29) is 0 Å². The lowest BCUT2D eigenvalue weighted by atomic mass is 10.3. The van der Waals surface area contributed by atoms with Crippen LogP contribution in [0.2, 0.25) is 0 Å². The molecule has 12 rings (SSSR count). The largest absolute Gasteiger partial charge is 0.777 e. The van der Waals surface area contributed by atoms with E-state index in [0.29, 0.717) is 0 Å². The molecular formula is C72H138F6N36O18P12. The molecule has 6 heterocycles. The second-order valence-electron chi connectivity index (χ2n) is 32.1. The van der Waals surface area contributed by atoms with Crippen molar-refractivity contribution in [3.8, 4) is 34.5 Å². The van der Waals surface area contributed by atoms with Crippen LogP contribution in [0.1, 0.15) is 0 Å². The van der Waals surface area contributed by atoms with Gasteiger partial charge < -0.3 is 56.8 Å². The van der Waals surface area contributed by atoms with Gasteiger partial charge in [0.25, 0.3) is 0 Å². The van der Waals surface area contributed by atoms with E-state index >= 15 is 0 Å². The van der Waals surface area contributed by atoms with Crippen molar-refractivity contribution in [1.29, 1.82) is 0 Å². The summed E-state index contributed by atoms with van der Waals surface area (Å²) in [6, 6.07) is 34.8. The highest BCUT2D eigenvalue weighted by Gasteiger charge is 2.58. The summed E-state index contributed by atoms with van der Waals surface area (Å²) in [6.45, 7) is 0. The Labute approximate surface area is 842 Å². The average molecular weight is 2280 g/mol. The molecule has 0 fully saturated rings. The van der Waals surface area contributed by atoms with Crippen LogP contribution in [-0.4, -0.2) is 430 Å². The van der Waals surface area contributed by atoms with E-state index in [9.17, 15) is 25.2 Å². The topological polar surface area (TPSA) is 604 Å². The van der Waals surface area contributed by atoms with Crippen molar-refractivity contribution < 1.29 is 109 Å². The molecule has 6 unspecified atom stereocenters. The van der Waals surface area contributed by atoms with E-state index in [0.717, 1.165) is 101 Å². The zero-order valence-electron chi connectivity index (χ0n) is 87.1. The molecule has 144 heavy (non-hydrogen) atoms. The third-order valence-electron chi connectivity index (χ3n) is 18.6. The van der Waals surface area contributed by atoms with Crippen molar-refractivity contribution in [2.75, 3.05) is 254 Å². The summed E-state index contributed by atoms with van der Waals surface area (Å²) in [5.74, 6) is 4.42. The molecule has 0 amide bonds. The Hall–Kier alpha value is -6.90. The lowest BCUT2D eigenvalue weighted by Crippen LogP contribution is -2.39. The van der Waals surface area contributed by atoms with E-state index in [2.05, 4.69) is 177 Å². The molecule has 0 aliphatic heterocycles. The SMILES string of the molecule is CN(C)[P+](Oc1cccc2[nH]nnc12)(N(C)C)N(C)C.CN(C)[P+](Oc1cccc2[nH]nnc12)(N(C)C)N(C)C.CN(C)[P+](Oc1cccc2[nH]nnc12)(N(C)C)N(C)C.CN(C)[P+](Oc1cccc2[nH]nnc12)(N(C)C)N(C)C.CN(C)[P+](Oc1cccc2[nH]nnc12)(N(C)C)N(C)C.CN(C)[P+](Oc1cccc2[nH]nnc12)(N(C)C)N(C)C.O=[PH]([O-])F.O=[PH]([O-])F.O=[PH]([O-])F.O=[PH]([O-])F.O=[PH]([O-])F.O=[PH]([O-])F. The van der Waals surface area contributed by atoms with Crippen LogP contribution in [0.5, 0.6) is 34.5 Å². The van der Waals surface area contributed by atoms with Crippen LogP contribution in [0, 0.1) is 0 Å². The van der Waals surface area contributed by atoms with Crippen LogP contribution in [0.15, 0.2) is 109 Å². The van der Waals surface area contributed by atoms with E-state index < -0.39 is 97.7 Å². The van der Waals surface area contributed by atoms with Crippen molar-refractivity contribution >= 4 is 164 Å². The van der Waals surface area contributed by atoms with Gasteiger partial charge in [0.1, 0.15) is 0 Å². The molecule has 72 heteroatoms. The Bertz CT molecular complexity index is 4830. The Kier molecular flexibility index (Phi) is 60.0. The maximum absolute atomic E-state index is 9.99. The fourth-order valence-electron chi connectivity index (χ4n) is 14.2. The van der Waals surface area contributed by atoms with E-state index in [1.165, 1.54) is 0 Å². The summed E-state index contributed by atoms with van der Waals surface area (Å²) in [5.41, 5.74) is 9.75. The number of hydrogen-bond donors (Lipinski definition) is 6.